The van der Waals surface area contributed by atoms with E-state index in [0.29, 0.717) is 5.56 Å². The van der Waals surface area contributed by atoms with Crippen molar-refractivity contribution >= 4 is 21.4 Å². The molecule has 1 amide bonds. The molecule has 1 aliphatic heterocycles. The summed E-state index contributed by atoms with van der Waals surface area (Å²) in [6.07, 6.45) is 2.37. The van der Waals surface area contributed by atoms with Crippen molar-refractivity contribution in [1.29, 1.82) is 0 Å². The third-order valence-corrected chi connectivity index (χ3v) is 5.77. The normalized spacial score (nSPS) is 18.2. The van der Waals surface area contributed by atoms with Gasteiger partial charge in [-0.1, -0.05) is 42.8 Å². The Morgan fingerprint density at radius 1 is 1.12 bits per heavy atom. The topological polar surface area (TPSA) is 54.5 Å². The molecule has 2 aromatic carbocycles. The number of para-hydroxylation sites is 1. The van der Waals surface area contributed by atoms with E-state index < -0.39 is 15.9 Å². The number of anilines is 1. The number of benzene rings is 2. The molecule has 0 N–H and O–H groups in total. The Kier molecular flexibility index (Phi) is 4.77. The molecule has 1 heterocycles. The van der Waals surface area contributed by atoms with Crippen molar-refractivity contribution in [2.24, 2.45) is 0 Å². The van der Waals surface area contributed by atoms with Gasteiger partial charge >= 0.3 is 0 Å². The minimum Gasteiger partial charge on any atom is -0.300 e. The quantitative estimate of drug-likeness (QED) is 0.843. The Morgan fingerprint density at radius 2 is 1.80 bits per heavy atom. The first-order valence-corrected chi connectivity index (χ1v) is 10.0. The number of nitrogens with zero attached hydrogens (tertiary/aromatic N) is 1. The minimum atomic E-state index is -3.26. The Bertz CT molecular complexity index is 914. The lowest BCUT2D eigenvalue weighted by Gasteiger charge is -2.29. The Balaban J connectivity index is 2.07. The van der Waals surface area contributed by atoms with E-state index in [4.69, 9.17) is 0 Å². The standard InChI is InChI=1S/C20H21NO3S/c1-3-16-6-4-5-7-19(16)21(18-12-13-25(23,24)14-18)20(22)17-10-8-15(2)9-11-17/h4-13,18H,3,14H2,1-2H3/t18-/m0/s1. The summed E-state index contributed by atoms with van der Waals surface area (Å²) in [6.45, 7) is 3.99. The summed E-state index contributed by atoms with van der Waals surface area (Å²) in [5, 5.41) is 1.21. The molecule has 0 aliphatic carbocycles. The van der Waals surface area contributed by atoms with Gasteiger partial charge in [0.05, 0.1) is 11.8 Å². The second-order valence-corrected chi connectivity index (χ2v) is 8.18. The van der Waals surface area contributed by atoms with Crippen molar-refractivity contribution in [3.05, 3.63) is 76.7 Å². The summed E-state index contributed by atoms with van der Waals surface area (Å²) in [5.74, 6) is -0.268. The molecule has 0 aromatic heterocycles. The second kappa shape index (κ2) is 6.84. The van der Waals surface area contributed by atoms with Crippen LogP contribution in [-0.4, -0.2) is 26.1 Å². The van der Waals surface area contributed by atoms with Crippen LogP contribution < -0.4 is 4.90 Å². The van der Waals surface area contributed by atoms with Gasteiger partial charge in [0.15, 0.2) is 9.84 Å². The molecule has 25 heavy (non-hydrogen) atoms. The third-order valence-electron chi connectivity index (χ3n) is 4.39. The van der Waals surface area contributed by atoms with E-state index >= 15 is 0 Å². The molecule has 5 heteroatoms. The highest BCUT2D eigenvalue weighted by atomic mass is 32.2. The van der Waals surface area contributed by atoms with Crippen LogP contribution >= 0.6 is 0 Å². The lowest BCUT2D eigenvalue weighted by molar-refractivity contribution is 0.0983. The molecule has 0 saturated heterocycles. The highest BCUT2D eigenvalue weighted by molar-refractivity contribution is 7.94. The van der Waals surface area contributed by atoms with Crippen LogP contribution in [0.1, 0.15) is 28.4 Å². The maximum atomic E-state index is 13.2. The molecule has 3 rings (SSSR count). The lowest BCUT2D eigenvalue weighted by atomic mass is 10.1. The van der Waals surface area contributed by atoms with Crippen LogP contribution in [0.4, 0.5) is 5.69 Å². The average Bonchev–Trinajstić information content (AvgIpc) is 2.95. The summed E-state index contributed by atoms with van der Waals surface area (Å²) in [6, 6.07) is 14.5. The summed E-state index contributed by atoms with van der Waals surface area (Å²) in [4.78, 5) is 14.8. The van der Waals surface area contributed by atoms with Crippen molar-refractivity contribution in [3.63, 3.8) is 0 Å². The maximum Gasteiger partial charge on any atom is 0.258 e. The first-order valence-electron chi connectivity index (χ1n) is 8.30. The van der Waals surface area contributed by atoms with E-state index in [-0.39, 0.29) is 11.7 Å². The highest BCUT2D eigenvalue weighted by Gasteiger charge is 2.32. The fourth-order valence-electron chi connectivity index (χ4n) is 3.04. The first kappa shape index (κ1) is 17.4. The monoisotopic (exact) mass is 355 g/mol. The van der Waals surface area contributed by atoms with Crippen LogP contribution in [0.25, 0.3) is 0 Å². The van der Waals surface area contributed by atoms with E-state index in [0.717, 1.165) is 23.2 Å². The van der Waals surface area contributed by atoms with Crippen LogP contribution in [0.5, 0.6) is 0 Å². The third kappa shape index (κ3) is 3.66. The van der Waals surface area contributed by atoms with Gasteiger partial charge in [-0.25, -0.2) is 8.42 Å². The second-order valence-electron chi connectivity index (χ2n) is 6.25. The number of carbonyl (C=O) groups is 1. The lowest BCUT2D eigenvalue weighted by Crippen LogP contribution is -2.41. The molecular formula is C20H21NO3S. The first-order chi connectivity index (χ1) is 11.9. The van der Waals surface area contributed by atoms with Crippen molar-refractivity contribution in [1.82, 2.24) is 0 Å². The Labute approximate surface area is 148 Å². The van der Waals surface area contributed by atoms with Crippen LogP contribution in [0, 0.1) is 6.92 Å². The minimum absolute atomic E-state index is 0.0807. The number of sulfone groups is 1. The smallest absolute Gasteiger partial charge is 0.258 e. The fraction of sp³-hybridized carbons (Fsp3) is 0.250. The van der Waals surface area contributed by atoms with Gasteiger partial charge < -0.3 is 4.90 Å². The summed E-state index contributed by atoms with van der Waals surface area (Å²) in [7, 11) is -3.26. The van der Waals surface area contributed by atoms with Crippen LogP contribution in [0.3, 0.4) is 0 Å². The van der Waals surface area contributed by atoms with E-state index in [1.807, 2.05) is 50.2 Å². The van der Waals surface area contributed by atoms with Crippen molar-refractivity contribution in [3.8, 4) is 0 Å². The van der Waals surface area contributed by atoms with Crippen molar-refractivity contribution < 1.29 is 13.2 Å². The molecule has 0 saturated carbocycles. The zero-order valence-electron chi connectivity index (χ0n) is 14.3. The van der Waals surface area contributed by atoms with Gasteiger partial charge in [-0.2, -0.15) is 0 Å². The molecule has 130 valence electrons. The molecule has 0 unspecified atom stereocenters. The Hall–Kier alpha value is -2.40. The summed E-state index contributed by atoms with van der Waals surface area (Å²) in [5.41, 5.74) is 3.40. The molecule has 1 aliphatic rings. The number of rotatable bonds is 4. The zero-order chi connectivity index (χ0) is 18.0. The van der Waals surface area contributed by atoms with E-state index in [1.165, 1.54) is 5.41 Å². The molecule has 4 nitrogen and oxygen atoms in total. The number of carbonyl (C=O) groups excluding carboxylic acids is 1. The van der Waals surface area contributed by atoms with Gasteiger partial charge in [-0.3, -0.25) is 4.79 Å². The number of hydrogen-bond acceptors (Lipinski definition) is 3. The van der Waals surface area contributed by atoms with E-state index in [2.05, 4.69) is 0 Å². The SMILES string of the molecule is CCc1ccccc1N(C(=O)c1ccc(C)cc1)[C@H]1C=CS(=O)(=O)C1. The molecule has 0 bridgehead atoms. The van der Waals surface area contributed by atoms with Gasteiger partial charge in [0.2, 0.25) is 0 Å². The molecule has 1 atom stereocenters. The highest BCUT2D eigenvalue weighted by Crippen LogP contribution is 2.28. The molecule has 0 spiro atoms. The predicted octanol–water partition coefficient (Wildman–Crippen LogP) is 3.51. The number of aryl methyl sites for hydroxylation is 2. The van der Waals surface area contributed by atoms with Gasteiger partial charge in [0.1, 0.15) is 0 Å². The van der Waals surface area contributed by atoms with E-state index in [9.17, 15) is 13.2 Å². The van der Waals surface area contributed by atoms with Gasteiger partial charge in [0, 0.05) is 16.7 Å². The van der Waals surface area contributed by atoms with Gasteiger partial charge in [0.25, 0.3) is 5.91 Å². The zero-order valence-corrected chi connectivity index (χ0v) is 15.2. The van der Waals surface area contributed by atoms with E-state index in [1.54, 1.807) is 23.1 Å². The molecular weight excluding hydrogens is 334 g/mol. The fourth-order valence-corrected chi connectivity index (χ4v) is 4.31. The van der Waals surface area contributed by atoms with Gasteiger partial charge in [-0.05, 0) is 43.2 Å². The summed E-state index contributed by atoms with van der Waals surface area (Å²) >= 11 is 0. The summed E-state index contributed by atoms with van der Waals surface area (Å²) < 4.78 is 23.8. The molecule has 2 aromatic rings. The maximum absolute atomic E-state index is 13.2. The van der Waals surface area contributed by atoms with Crippen LogP contribution in [0.15, 0.2) is 60.0 Å². The Morgan fingerprint density at radius 3 is 2.40 bits per heavy atom. The number of amides is 1. The van der Waals surface area contributed by atoms with Crippen molar-refractivity contribution in [2.45, 2.75) is 26.3 Å². The number of hydrogen-bond donors (Lipinski definition) is 0. The predicted molar refractivity (Wildman–Crippen MR) is 101 cm³/mol. The van der Waals surface area contributed by atoms with Crippen LogP contribution in [-0.2, 0) is 16.3 Å². The van der Waals surface area contributed by atoms with Gasteiger partial charge in [-0.15, -0.1) is 0 Å². The van der Waals surface area contributed by atoms with Crippen molar-refractivity contribution in [2.75, 3.05) is 10.7 Å². The largest absolute Gasteiger partial charge is 0.300 e. The molecule has 0 fully saturated rings. The van der Waals surface area contributed by atoms with Crippen LogP contribution in [0.2, 0.25) is 0 Å². The molecule has 0 radical (unpaired) electrons. The average molecular weight is 355 g/mol.